The summed E-state index contributed by atoms with van der Waals surface area (Å²) in [6, 6.07) is 7.66. The van der Waals surface area contributed by atoms with E-state index in [4.69, 9.17) is 0 Å². The number of hydrogen-bond acceptors (Lipinski definition) is 3. The maximum atomic E-state index is 12.1. The highest BCUT2D eigenvalue weighted by Gasteiger charge is 2.29. The first-order valence-electron chi connectivity index (χ1n) is 5.97. The van der Waals surface area contributed by atoms with Crippen molar-refractivity contribution in [3.8, 4) is 0 Å². The van der Waals surface area contributed by atoms with Gasteiger partial charge < -0.3 is 15.3 Å². The smallest absolute Gasteiger partial charge is 0.239 e. The largest absolute Gasteiger partial charge is 0.392 e. The molecule has 2 atom stereocenters. The number of nitrogens with one attached hydrogen (secondary N) is 1. The van der Waals surface area contributed by atoms with Gasteiger partial charge in [-0.2, -0.15) is 0 Å². The summed E-state index contributed by atoms with van der Waals surface area (Å²) in [5.41, 5.74) is 1.09. The fraction of sp³-hybridized carbons (Fsp3) is 0.462. The van der Waals surface area contributed by atoms with Crippen LogP contribution in [0.15, 0.2) is 28.7 Å². The first-order valence-corrected chi connectivity index (χ1v) is 6.76. The van der Waals surface area contributed by atoms with Crippen molar-refractivity contribution in [3.63, 3.8) is 0 Å². The Hall–Kier alpha value is -0.910. The van der Waals surface area contributed by atoms with Crippen LogP contribution in [-0.2, 0) is 11.3 Å². The third kappa shape index (κ3) is 3.31. The summed E-state index contributed by atoms with van der Waals surface area (Å²) in [6.45, 7) is 1.09. The number of amides is 1. The Morgan fingerprint density at radius 2 is 2.17 bits per heavy atom. The molecule has 0 aliphatic carbocycles. The lowest BCUT2D eigenvalue weighted by molar-refractivity contribution is -0.132. The molecule has 5 heteroatoms. The van der Waals surface area contributed by atoms with Crippen LogP contribution in [0.1, 0.15) is 12.0 Å². The maximum absolute atomic E-state index is 12.1. The van der Waals surface area contributed by atoms with Crippen LogP contribution in [0.2, 0.25) is 0 Å². The summed E-state index contributed by atoms with van der Waals surface area (Å²) in [7, 11) is 1.79. The number of β-amino-alcohol motifs (C(OH)–C–C–N with tert-alkyl or cyclic N) is 1. The third-order valence-electron chi connectivity index (χ3n) is 3.11. The molecule has 1 saturated heterocycles. The van der Waals surface area contributed by atoms with Crippen molar-refractivity contribution >= 4 is 21.8 Å². The summed E-state index contributed by atoms with van der Waals surface area (Å²) in [4.78, 5) is 13.8. The molecule has 98 valence electrons. The second-order valence-electron chi connectivity index (χ2n) is 4.67. The number of benzene rings is 1. The summed E-state index contributed by atoms with van der Waals surface area (Å²) >= 11 is 3.38. The molecular formula is C13H17BrN2O2. The molecule has 4 nitrogen and oxygen atoms in total. The SMILES string of the molecule is CN(Cc1ccc(Br)cc1)C(=O)[C@H]1C[C@@H](O)CN1. The zero-order valence-corrected chi connectivity index (χ0v) is 11.9. The molecule has 2 rings (SSSR count). The van der Waals surface area contributed by atoms with Crippen molar-refractivity contribution in [2.45, 2.75) is 25.1 Å². The van der Waals surface area contributed by atoms with Gasteiger partial charge in [0.05, 0.1) is 12.1 Å². The Labute approximate surface area is 115 Å². The van der Waals surface area contributed by atoms with Gasteiger partial charge in [0.2, 0.25) is 5.91 Å². The van der Waals surface area contributed by atoms with Crippen molar-refractivity contribution in [2.24, 2.45) is 0 Å². The fourth-order valence-electron chi connectivity index (χ4n) is 2.11. The van der Waals surface area contributed by atoms with Crippen LogP contribution in [0.5, 0.6) is 0 Å². The lowest BCUT2D eigenvalue weighted by Gasteiger charge is -2.21. The molecule has 0 unspecified atom stereocenters. The van der Waals surface area contributed by atoms with Crippen molar-refractivity contribution in [3.05, 3.63) is 34.3 Å². The van der Waals surface area contributed by atoms with Gasteiger partial charge in [0.1, 0.15) is 0 Å². The predicted molar refractivity (Wildman–Crippen MR) is 73.0 cm³/mol. The van der Waals surface area contributed by atoms with Gasteiger partial charge in [-0.1, -0.05) is 28.1 Å². The second-order valence-corrected chi connectivity index (χ2v) is 5.59. The molecule has 0 spiro atoms. The number of rotatable bonds is 3. The zero-order chi connectivity index (χ0) is 13.1. The minimum Gasteiger partial charge on any atom is -0.392 e. The van der Waals surface area contributed by atoms with E-state index in [1.165, 1.54) is 0 Å². The van der Waals surface area contributed by atoms with Gasteiger partial charge in [0.25, 0.3) is 0 Å². The molecule has 1 aliphatic heterocycles. The number of likely N-dealkylation sites (N-methyl/N-ethyl adjacent to an activating group) is 1. The molecule has 18 heavy (non-hydrogen) atoms. The van der Waals surface area contributed by atoms with E-state index in [-0.39, 0.29) is 11.9 Å². The minimum absolute atomic E-state index is 0.0365. The highest BCUT2D eigenvalue weighted by molar-refractivity contribution is 9.10. The Bertz CT molecular complexity index is 422. The third-order valence-corrected chi connectivity index (χ3v) is 3.64. The van der Waals surface area contributed by atoms with E-state index in [9.17, 15) is 9.90 Å². The van der Waals surface area contributed by atoms with Crippen molar-refractivity contribution < 1.29 is 9.90 Å². The first-order chi connectivity index (χ1) is 8.56. The van der Waals surface area contributed by atoms with E-state index in [0.29, 0.717) is 19.5 Å². The summed E-state index contributed by atoms with van der Waals surface area (Å²) in [6.07, 6.45) is 0.101. The average molecular weight is 313 g/mol. The van der Waals surface area contributed by atoms with E-state index in [2.05, 4.69) is 21.2 Å². The standard InChI is InChI=1S/C13H17BrN2O2/c1-16(8-9-2-4-10(14)5-3-9)13(18)12-6-11(17)7-15-12/h2-5,11-12,15,17H,6-8H2,1H3/t11-,12-/m1/s1. The van der Waals surface area contributed by atoms with Gasteiger partial charge in [-0.05, 0) is 24.1 Å². The zero-order valence-electron chi connectivity index (χ0n) is 10.3. The molecule has 1 amide bonds. The van der Waals surface area contributed by atoms with E-state index < -0.39 is 6.10 Å². The highest BCUT2D eigenvalue weighted by atomic mass is 79.9. The maximum Gasteiger partial charge on any atom is 0.239 e. The molecular weight excluding hydrogens is 296 g/mol. The molecule has 1 aromatic carbocycles. The lowest BCUT2D eigenvalue weighted by Crippen LogP contribution is -2.41. The van der Waals surface area contributed by atoms with Crippen molar-refractivity contribution in [1.29, 1.82) is 0 Å². The minimum atomic E-state index is -0.403. The monoisotopic (exact) mass is 312 g/mol. The van der Waals surface area contributed by atoms with Crippen molar-refractivity contribution in [1.82, 2.24) is 10.2 Å². The second kappa shape index (κ2) is 5.82. The van der Waals surface area contributed by atoms with E-state index in [1.807, 2.05) is 24.3 Å². The van der Waals surface area contributed by atoms with Gasteiger partial charge in [0.15, 0.2) is 0 Å². The number of carbonyl (C=O) groups excluding carboxylic acids is 1. The summed E-state index contributed by atoms with van der Waals surface area (Å²) in [5, 5.41) is 12.4. The number of aliphatic hydroxyl groups is 1. The number of nitrogens with zero attached hydrogens (tertiary/aromatic N) is 1. The van der Waals surface area contributed by atoms with Crippen LogP contribution in [0.3, 0.4) is 0 Å². The molecule has 0 saturated carbocycles. The quantitative estimate of drug-likeness (QED) is 0.880. The van der Waals surface area contributed by atoms with Crippen molar-refractivity contribution in [2.75, 3.05) is 13.6 Å². The van der Waals surface area contributed by atoms with Crippen LogP contribution in [0.4, 0.5) is 0 Å². The van der Waals surface area contributed by atoms with Crippen LogP contribution in [0, 0.1) is 0 Å². The molecule has 2 N–H and O–H groups in total. The summed E-state index contributed by atoms with van der Waals surface area (Å²) < 4.78 is 1.03. The molecule has 1 aliphatic rings. The Balaban J connectivity index is 1.93. The molecule has 1 heterocycles. The fourth-order valence-corrected chi connectivity index (χ4v) is 2.38. The molecule has 0 radical (unpaired) electrons. The van der Waals surface area contributed by atoms with Gasteiger partial charge in [-0.15, -0.1) is 0 Å². The van der Waals surface area contributed by atoms with E-state index in [1.54, 1.807) is 11.9 Å². The molecule has 1 fully saturated rings. The Morgan fingerprint density at radius 3 is 2.72 bits per heavy atom. The van der Waals surface area contributed by atoms with E-state index in [0.717, 1.165) is 10.0 Å². The van der Waals surface area contributed by atoms with Crippen LogP contribution >= 0.6 is 15.9 Å². The van der Waals surface area contributed by atoms with Crippen LogP contribution < -0.4 is 5.32 Å². The highest BCUT2D eigenvalue weighted by Crippen LogP contribution is 2.14. The predicted octanol–water partition coefficient (Wildman–Crippen LogP) is 1.13. The first kappa shape index (κ1) is 13.5. The summed E-state index contributed by atoms with van der Waals surface area (Å²) in [5.74, 6) is 0.0365. The van der Waals surface area contributed by atoms with E-state index >= 15 is 0 Å². The number of hydrogen-bond donors (Lipinski definition) is 2. The molecule has 0 aromatic heterocycles. The van der Waals surface area contributed by atoms with Gasteiger partial charge >= 0.3 is 0 Å². The van der Waals surface area contributed by atoms with Gasteiger partial charge in [-0.3, -0.25) is 4.79 Å². The Kier molecular flexibility index (Phi) is 4.37. The number of halogens is 1. The topological polar surface area (TPSA) is 52.6 Å². The molecule has 1 aromatic rings. The Morgan fingerprint density at radius 1 is 1.50 bits per heavy atom. The van der Waals surface area contributed by atoms with Crippen LogP contribution in [0.25, 0.3) is 0 Å². The van der Waals surface area contributed by atoms with Crippen LogP contribution in [-0.4, -0.2) is 41.7 Å². The normalized spacial score (nSPS) is 23.1. The average Bonchev–Trinajstić information content (AvgIpc) is 2.78. The lowest BCUT2D eigenvalue weighted by atomic mass is 10.1. The molecule has 0 bridgehead atoms. The van der Waals surface area contributed by atoms with Gasteiger partial charge in [-0.25, -0.2) is 0 Å². The van der Waals surface area contributed by atoms with Gasteiger partial charge in [0, 0.05) is 24.6 Å². The number of aliphatic hydroxyl groups excluding tert-OH is 1. The number of carbonyl (C=O) groups is 1.